The molecule has 5 bridgehead atoms. The first-order chi connectivity index (χ1) is 25.8. The molecule has 2 saturated heterocycles. The topological polar surface area (TPSA) is 182 Å². The number of ether oxygens (including phenoxy) is 3. The Hall–Kier alpha value is -4.14. The minimum absolute atomic E-state index is 0.0247. The molecule has 3 aliphatic heterocycles. The van der Waals surface area contributed by atoms with Gasteiger partial charge < -0.3 is 29.7 Å². The van der Waals surface area contributed by atoms with E-state index in [-0.39, 0.29) is 30.9 Å². The molecule has 14 nitrogen and oxygen atoms in total. The Morgan fingerprint density at radius 1 is 1.04 bits per heavy atom. The summed E-state index contributed by atoms with van der Waals surface area (Å²) in [5.41, 5.74) is -0.776. The Kier molecular flexibility index (Phi) is 10.7. The number of nitrogens with one attached hydrogen (secondary N) is 3. The van der Waals surface area contributed by atoms with Crippen molar-refractivity contribution in [3.63, 3.8) is 0 Å². The molecule has 2 saturated carbocycles. The summed E-state index contributed by atoms with van der Waals surface area (Å²) in [4.78, 5) is 62.0. The number of aromatic nitrogens is 1. The summed E-state index contributed by atoms with van der Waals surface area (Å²) in [5, 5.41) is 6.80. The van der Waals surface area contributed by atoms with Crippen molar-refractivity contribution in [1.82, 2.24) is 25.2 Å². The largest absolute Gasteiger partial charge is 0.496 e. The number of aryl methyl sites for hydroxylation is 1. The maximum absolute atomic E-state index is 14.5. The number of pyridine rings is 1. The van der Waals surface area contributed by atoms with Crippen LogP contribution in [0.4, 0.5) is 4.79 Å². The van der Waals surface area contributed by atoms with Crippen LogP contribution in [0.2, 0.25) is 0 Å². The summed E-state index contributed by atoms with van der Waals surface area (Å²) in [6, 6.07) is 3.83. The smallest absolute Gasteiger partial charge is 0.407 e. The van der Waals surface area contributed by atoms with E-state index in [0.717, 1.165) is 60.6 Å². The number of nitrogens with zero attached hydrogens (tertiary/aromatic N) is 2. The molecule has 294 valence electrons. The van der Waals surface area contributed by atoms with E-state index in [2.05, 4.69) is 20.3 Å². The van der Waals surface area contributed by atoms with Crippen molar-refractivity contribution in [2.24, 2.45) is 11.3 Å². The predicted molar refractivity (Wildman–Crippen MR) is 199 cm³/mol. The van der Waals surface area contributed by atoms with Crippen molar-refractivity contribution in [3.05, 3.63) is 30.0 Å². The van der Waals surface area contributed by atoms with Gasteiger partial charge in [0.15, 0.2) is 0 Å². The minimum atomic E-state index is -3.86. The summed E-state index contributed by atoms with van der Waals surface area (Å²) in [5.74, 6) is -0.884. The molecular formula is C39H53N5O9S. The summed E-state index contributed by atoms with van der Waals surface area (Å²) in [6.07, 6.45) is 9.05. The van der Waals surface area contributed by atoms with Gasteiger partial charge >= 0.3 is 6.09 Å². The predicted octanol–water partition coefficient (Wildman–Crippen LogP) is 4.28. The van der Waals surface area contributed by atoms with Crippen LogP contribution < -0.4 is 24.8 Å². The number of sulfonamides is 1. The summed E-state index contributed by atoms with van der Waals surface area (Å²) in [7, 11) is -2.22. The number of alkyl carbamates (subject to hydrolysis) is 1. The number of methoxy groups -OCH3 is 1. The lowest BCUT2D eigenvalue weighted by Crippen LogP contribution is -2.58. The van der Waals surface area contributed by atoms with Gasteiger partial charge in [-0.1, -0.05) is 46.0 Å². The Morgan fingerprint density at radius 2 is 1.80 bits per heavy atom. The molecule has 5 aliphatic rings. The second kappa shape index (κ2) is 15.2. The fourth-order valence-corrected chi connectivity index (χ4v) is 9.75. The molecule has 4 amide bonds. The van der Waals surface area contributed by atoms with E-state index < -0.39 is 62.8 Å². The van der Waals surface area contributed by atoms with E-state index in [4.69, 9.17) is 14.2 Å². The Morgan fingerprint density at radius 3 is 2.56 bits per heavy atom. The molecule has 0 unspecified atom stereocenters. The van der Waals surface area contributed by atoms with E-state index in [1.54, 1.807) is 13.3 Å². The van der Waals surface area contributed by atoms with E-state index in [1.807, 2.05) is 32.0 Å². The highest BCUT2D eigenvalue weighted by molar-refractivity contribution is 7.91. The molecule has 15 heteroatoms. The number of hydrogen-bond acceptors (Lipinski definition) is 10. The second-order valence-corrected chi connectivity index (χ2v) is 18.6. The number of hydrogen-bond donors (Lipinski definition) is 3. The third kappa shape index (κ3) is 8.25. The molecule has 7 rings (SSSR count). The summed E-state index contributed by atoms with van der Waals surface area (Å²) < 4.78 is 46.0. The molecule has 2 aromatic rings. The van der Waals surface area contributed by atoms with Crippen LogP contribution in [-0.2, 0) is 35.6 Å². The van der Waals surface area contributed by atoms with Crippen LogP contribution >= 0.6 is 0 Å². The van der Waals surface area contributed by atoms with Gasteiger partial charge in [-0.3, -0.25) is 19.1 Å². The third-order valence-corrected chi connectivity index (χ3v) is 13.7. The molecule has 0 spiro atoms. The van der Waals surface area contributed by atoms with Crippen molar-refractivity contribution >= 4 is 44.6 Å². The number of benzene rings is 1. The lowest BCUT2D eigenvalue weighted by atomic mass is 9.87. The maximum Gasteiger partial charge on any atom is 0.407 e. The number of amides is 4. The molecule has 1 aromatic carbocycles. The molecule has 3 N–H and O–H groups in total. The highest BCUT2D eigenvalue weighted by atomic mass is 32.2. The van der Waals surface area contributed by atoms with Gasteiger partial charge in [0.05, 0.1) is 25.5 Å². The van der Waals surface area contributed by atoms with Gasteiger partial charge in [-0.15, -0.1) is 0 Å². The monoisotopic (exact) mass is 767 g/mol. The van der Waals surface area contributed by atoms with Crippen LogP contribution in [-0.4, -0.2) is 91.4 Å². The minimum Gasteiger partial charge on any atom is -0.496 e. The number of carbonyl (C=O) groups is 4. The number of cyclic esters (lactones) is 1. The van der Waals surface area contributed by atoms with Crippen LogP contribution in [0.1, 0.15) is 103 Å². The third-order valence-electron chi connectivity index (χ3n) is 11.8. The quantitative estimate of drug-likeness (QED) is 0.406. The van der Waals surface area contributed by atoms with E-state index in [1.165, 1.54) is 4.90 Å². The molecule has 54 heavy (non-hydrogen) atoms. The first kappa shape index (κ1) is 38.1. The molecule has 0 radical (unpaired) electrons. The van der Waals surface area contributed by atoms with Gasteiger partial charge in [-0.05, 0) is 91.8 Å². The zero-order valence-corrected chi connectivity index (χ0v) is 32.3. The molecular weight excluding hydrogens is 715 g/mol. The first-order valence-corrected chi connectivity index (χ1v) is 21.1. The Bertz CT molecular complexity index is 1900. The summed E-state index contributed by atoms with van der Waals surface area (Å²) >= 11 is 0. The average Bonchev–Trinajstić information content (AvgIpc) is 4.06. The first-order valence-electron chi connectivity index (χ1n) is 19.5. The number of rotatable bonds is 4. The van der Waals surface area contributed by atoms with E-state index >= 15 is 0 Å². The fraction of sp³-hybridized carbons (Fsp3) is 0.667. The molecule has 4 fully saturated rings. The molecule has 5 atom stereocenters. The number of fused-ring (bicyclic) bond motifs is 4. The van der Waals surface area contributed by atoms with Gasteiger partial charge in [-0.2, -0.15) is 0 Å². The Labute approximate surface area is 316 Å². The maximum atomic E-state index is 14.5. The van der Waals surface area contributed by atoms with Crippen molar-refractivity contribution < 1.29 is 41.8 Å². The van der Waals surface area contributed by atoms with Crippen LogP contribution in [0, 0.1) is 11.3 Å². The highest BCUT2D eigenvalue weighted by Crippen LogP contribution is 2.48. The van der Waals surface area contributed by atoms with Crippen molar-refractivity contribution in [2.75, 3.05) is 20.3 Å². The lowest BCUT2D eigenvalue weighted by Gasteiger charge is -2.30. The average molecular weight is 768 g/mol. The standard InChI is InChI=1S/C39H53N5O9S/c1-38(2)16-9-10-25-18-29-24(19-32(25)51-3)15-17-40-34(29)53-27-20-31-33(45)42-39(36(47)43-54(49,50)28-13-14-28)21-26(39)11-7-5-4-6-8-12-30(35(46)44(31)22-27)41-37(48)52-23-38/h15,17-19,26-28,30-31H,4-14,16,20-23H2,1-3H3,(H,41,48)(H,42,45)(H,43,47)/t26-,27-,30+,31+,39-/m1/s1. The van der Waals surface area contributed by atoms with Crippen LogP contribution in [0.15, 0.2) is 24.4 Å². The number of carbonyl (C=O) groups excluding carboxylic acids is 4. The van der Waals surface area contributed by atoms with Crippen molar-refractivity contribution in [2.45, 2.75) is 133 Å². The lowest BCUT2D eigenvalue weighted by molar-refractivity contribution is -0.141. The van der Waals surface area contributed by atoms with Crippen LogP contribution in [0.25, 0.3) is 10.8 Å². The van der Waals surface area contributed by atoms with Gasteiger partial charge in [0.1, 0.15) is 29.5 Å². The normalized spacial score (nSPS) is 29.6. The highest BCUT2D eigenvalue weighted by Gasteiger charge is 2.62. The van der Waals surface area contributed by atoms with Gasteiger partial charge in [0.25, 0.3) is 5.91 Å². The van der Waals surface area contributed by atoms with Crippen LogP contribution in [0.3, 0.4) is 0 Å². The van der Waals surface area contributed by atoms with Gasteiger partial charge in [0, 0.05) is 18.0 Å². The Balaban J connectivity index is 1.24. The van der Waals surface area contributed by atoms with Crippen molar-refractivity contribution in [3.8, 4) is 11.6 Å². The van der Waals surface area contributed by atoms with Gasteiger partial charge in [0.2, 0.25) is 27.7 Å². The van der Waals surface area contributed by atoms with E-state index in [9.17, 15) is 27.6 Å². The zero-order valence-electron chi connectivity index (χ0n) is 31.5. The SMILES string of the molecule is COc1cc2ccnc3c2cc1CCCC(C)(C)COC(=O)N[C@H]1CCCCCCC[C@@H]2C[C@@]2(C(=O)NS(=O)(=O)C2CC2)NC(=O)[C@@H]2C[C@H](CN2C1=O)O3. The summed E-state index contributed by atoms with van der Waals surface area (Å²) in [6.45, 7) is 4.24. The fourth-order valence-electron chi connectivity index (χ4n) is 8.38. The van der Waals surface area contributed by atoms with Crippen molar-refractivity contribution in [1.29, 1.82) is 0 Å². The molecule has 4 heterocycles. The molecule has 1 aromatic heterocycles. The van der Waals surface area contributed by atoms with Gasteiger partial charge in [-0.25, -0.2) is 18.2 Å². The molecule has 2 aliphatic carbocycles. The van der Waals surface area contributed by atoms with E-state index in [0.29, 0.717) is 50.8 Å². The second-order valence-electron chi connectivity index (χ2n) is 16.7. The zero-order chi connectivity index (χ0) is 38.3. The van der Waals surface area contributed by atoms with Crippen LogP contribution in [0.5, 0.6) is 11.6 Å².